The highest BCUT2D eigenvalue weighted by Gasteiger charge is 2.72. The zero-order valence-corrected chi connectivity index (χ0v) is 14.7. The second kappa shape index (κ2) is 6.19. The molecule has 0 spiro atoms. The fourth-order valence-corrected chi connectivity index (χ4v) is 3.72. The lowest BCUT2D eigenvalue weighted by Gasteiger charge is -2.22. The highest BCUT2D eigenvalue weighted by molar-refractivity contribution is 5.80. The number of carbonyl (C=O) groups is 1. The molecule has 4 heteroatoms. The summed E-state index contributed by atoms with van der Waals surface area (Å²) in [4.78, 5) is 11.9. The first kappa shape index (κ1) is 16.7. The first-order chi connectivity index (χ1) is 12.5. The maximum atomic E-state index is 11.9. The number of terminal acetylenes is 1. The number of carbonyl (C=O) groups excluding carboxylic acids is 1. The van der Waals surface area contributed by atoms with Crippen molar-refractivity contribution in [3.05, 3.63) is 60.2 Å². The van der Waals surface area contributed by atoms with Gasteiger partial charge in [-0.1, -0.05) is 50.1 Å². The Bertz CT molecular complexity index is 865. The van der Waals surface area contributed by atoms with E-state index >= 15 is 0 Å². The van der Waals surface area contributed by atoms with E-state index in [0.29, 0.717) is 5.75 Å². The number of cyclic esters (lactones) is 1. The monoisotopic (exact) mass is 348 g/mol. The molecule has 2 fully saturated rings. The zero-order valence-electron chi connectivity index (χ0n) is 14.7. The summed E-state index contributed by atoms with van der Waals surface area (Å²) in [5.74, 6) is 3.85. The Hall–Kier alpha value is -2.77. The van der Waals surface area contributed by atoms with Crippen molar-refractivity contribution in [3.8, 4) is 23.8 Å². The lowest BCUT2D eigenvalue weighted by Crippen LogP contribution is -2.24. The van der Waals surface area contributed by atoms with Crippen LogP contribution in [0.4, 0.5) is 0 Å². The highest BCUT2D eigenvalue weighted by Crippen LogP contribution is 2.65. The average molecular weight is 348 g/mol. The van der Waals surface area contributed by atoms with Gasteiger partial charge in [-0.15, -0.1) is 6.42 Å². The molecule has 0 bridgehead atoms. The summed E-state index contributed by atoms with van der Waals surface area (Å²) in [7, 11) is 0. The molecule has 4 rings (SSSR count). The van der Waals surface area contributed by atoms with E-state index in [4.69, 9.17) is 20.6 Å². The van der Waals surface area contributed by atoms with E-state index < -0.39 is 12.4 Å². The van der Waals surface area contributed by atoms with Crippen LogP contribution in [0.5, 0.6) is 11.5 Å². The molecular formula is C22H20O4. The summed E-state index contributed by atoms with van der Waals surface area (Å²) >= 11 is 0. The molecular weight excluding hydrogens is 328 g/mol. The van der Waals surface area contributed by atoms with E-state index in [2.05, 4.69) is 19.8 Å². The van der Waals surface area contributed by atoms with Crippen LogP contribution in [0, 0.1) is 29.6 Å². The average Bonchev–Trinajstić information content (AvgIpc) is 3.03. The molecule has 2 aromatic carbocycles. The van der Waals surface area contributed by atoms with E-state index in [1.54, 1.807) is 0 Å². The topological polar surface area (TPSA) is 44.8 Å². The molecule has 4 nitrogen and oxygen atoms in total. The number of esters is 1. The maximum Gasteiger partial charge on any atom is 0.312 e. The summed E-state index contributed by atoms with van der Waals surface area (Å²) in [5, 5.41) is 0. The predicted octanol–water partition coefficient (Wildman–Crippen LogP) is 4.32. The molecule has 2 aromatic rings. The normalized spacial score (nSPS) is 26.3. The minimum absolute atomic E-state index is 0.0644. The fraction of sp³-hybridized carbons (Fsp3) is 0.318. The Morgan fingerprint density at radius 3 is 2.50 bits per heavy atom. The standard InChI is InChI=1S/C22H20O4/c1-4-17(25-21-19-18(20(23)26-21)22(19,2)3)14-9-8-12-16(13-14)24-15-10-6-5-7-11-15/h1,5-13,17-19,21H,2-3H3/t17-,18-,19+,21+/m0/s1. The summed E-state index contributed by atoms with van der Waals surface area (Å²) in [6.45, 7) is 4.11. The molecule has 132 valence electrons. The third-order valence-corrected chi connectivity index (χ3v) is 5.25. The van der Waals surface area contributed by atoms with Crippen LogP contribution in [0.1, 0.15) is 25.5 Å². The lowest BCUT2D eigenvalue weighted by molar-refractivity contribution is -0.182. The number of hydrogen-bond donors (Lipinski definition) is 0. The smallest absolute Gasteiger partial charge is 0.312 e. The van der Waals surface area contributed by atoms with Crippen molar-refractivity contribution in [2.75, 3.05) is 0 Å². The Kier molecular flexibility index (Phi) is 3.97. The van der Waals surface area contributed by atoms with Gasteiger partial charge in [0.2, 0.25) is 6.29 Å². The SMILES string of the molecule is C#C[C@H](O[C@@H]1OC(=O)[C@@H]2[C@H]1C2(C)C)c1cccc(Oc2ccccc2)c1. The summed E-state index contributed by atoms with van der Waals surface area (Å²) in [5.41, 5.74) is 0.705. The van der Waals surface area contributed by atoms with E-state index in [0.717, 1.165) is 11.3 Å². The van der Waals surface area contributed by atoms with E-state index in [9.17, 15) is 4.79 Å². The minimum Gasteiger partial charge on any atom is -0.457 e. The third-order valence-electron chi connectivity index (χ3n) is 5.25. The molecule has 0 amide bonds. The van der Waals surface area contributed by atoms with Crippen molar-refractivity contribution >= 4 is 5.97 Å². The van der Waals surface area contributed by atoms with Gasteiger partial charge in [-0.05, 0) is 35.2 Å². The number of hydrogen-bond acceptors (Lipinski definition) is 4. The van der Waals surface area contributed by atoms with Crippen molar-refractivity contribution < 1.29 is 19.0 Å². The number of benzene rings is 2. The van der Waals surface area contributed by atoms with Gasteiger partial charge in [0.05, 0.1) is 5.92 Å². The first-order valence-corrected chi connectivity index (χ1v) is 8.65. The molecule has 1 aliphatic heterocycles. The molecule has 0 N–H and O–H groups in total. The first-order valence-electron chi connectivity index (χ1n) is 8.65. The molecule has 1 saturated heterocycles. The van der Waals surface area contributed by atoms with Crippen LogP contribution in [0.25, 0.3) is 0 Å². The maximum absolute atomic E-state index is 11.9. The minimum atomic E-state index is -0.609. The Morgan fingerprint density at radius 1 is 1.12 bits per heavy atom. The van der Waals surface area contributed by atoms with Crippen molar-refractivity contribution in [2.24, 2.45) is 17.3 Å². The van der Waals surface area contributed by atoms with Crippen LogP contribution in [0.2, 0.25) is 0 Å². The molecule has 0 radical (unpaired) electrons. The molecule has 2 aliphatic rings. The van der Waals surface area contributed by atoms with Crippen molar-refractivity contribution in [1.82, 2.24) is 0 Å². The van der Waals surface area contributed by atoms with Gasteiger partial charge in [0.25, 0.3) is 0 Å². The van der Waals surface area contributed by atoms with E-state index in [-0.39, 0.29) is 23.2 Å². The number of rotatable bonds is 5. The van der Waals surface area contributed by atoms with Crippen LogP contribution in [-0.4, -0.2) is 12.3 Å². The fourth-order valence-electron chi connectivity index (χ4n) is 3.72. The molecule has 1 aliphatic carbocycles. The predicted molar refractivity (Wildman–Crippen MR) is 96.3 cm³/mol. The number of para-hydroxylation sites is 1. The molecule has 1 heterocycles. The van der Waals surface area contributed by atoms with Gasteiger partial charge in [0.15, 0.2) is 0 Å². The van der Waals surface area contributed by atoms with Gasteiger partial charge in [-0.2, -0.15) is 0 Å². The quantitative estimate of drug-likeness (QED) is 0.596. The van der Waals surface area contributed by atoms with Gasteiger partial charge in [0.1, 0.15) is 17.6 Å². The molecule has 1 saturated carbocycles. The molecule has 26 heavy (non-hydrogen) atoms. The second-order valence-corrected chi connectivity index (χ2v) is 7.30. The largest absolute Gasteiger partial charge is 0.457 e. The summed E-state index contributed by atoms with van der Waals surface area (Å²) < 4.78 is 17.2. The summed E-state index contributed by atoms with van der Waals surface area (Å²) in [6.07, 6.45) is 4.49. The van der Waals surface area contributed by atoms with Crippen LogP contribution < -0.4 is 4.74 Å². The van der Waals surface area contributed by atoms with E-state index in [1.807, 2.05) is 54.6 Å². The van der Waals surface area contributed by atoms with Gasteiger partial charge >= 0.3 is 5.97 Å². The van der Waals surface area contributed by atoms with Crippen LogP contribution in [0.3, 0.4) is 0 Å². The lowest BCUT2D eigenvalue weighted by atomic mass is 10.1. The Morgan fingerprint density at radius 2 is 1.85 bits per heavy atom. The summed E-state index contributed by atoms with van der Waals surface area (Å²) in [6, 6.07) is 17.0. The molecule has 4 atom stereocenters. The molecule has 0 unspecified atom stereocenters. The highest BCUT2D eigenvalue weighted by atomic mass is 16.7. The van der Waals surface area contributed by atoms with Crippen LogP contribution >= 0.6 is 0 Å². The van der Waals surface area contributed by atoms with Gasteiger partial charge < -0.3 is 14.2 Å². The number of ether oxygens (including phenoxy) is 3. The van der Waals surface area contributed by atoms with Crippen LogP contribution in [0.15, 0.2) is 54.6 Å². The Balaban J connectivity index is 1.50. The second-order valence-electron chi connectivity index (χ2n) is 7.30. The van der Waals surface area contributed by atoms with E-state index in [1.165, 1.54) is 0 Å². The van der Waals surface area contributed by atoms with Gasteiger partial charge in [-0.25, -0.2) is 0 Å². The number of fused-ring (bicyclic) bond motifs is 1. The van der Waals surface area contributed by atoms with Crippen molar-refractivity contribution in [1.29, 1.82) is 0 Å². The van der Waals surface area contributed by atoms with Crippen LogP contribution in [-0.2, 0) is 14.3 Å². The Labute approximate surface area is 153 Å². The van der Waals surface area contributed by atoms with Gasteiger partial charge in [-0.3, -0.25) is 4.79 Å². The molecule has 0 aromatic heterocycles. The van der Waals surface area contributed by atoms with Crippen molar-refractivity contribution in [2.45, 2.75) is 26.2 Å². The van der Waals surface area contributed by atoms with Crippen molar-refractivity contribution in [3.63, 3.8) is 0 Å². The zero-order chi connectivity index (χ0) is 18.3. The third kappa shape index (κ3) is 2.85. The van der Waals surface area contributed by atoms with Gasteiger partial charge in [0, 0.05) is 5.92 Å².